The fourth-order valence-corrected chi connectivity index (χ4v) is 2.75. The van der Waals surface area contributed by atoms with E-state index in [2.05, 4.69) is 10.2 Å². The van der Waals surface area contributed by atoms with Gasteiger partial charge in [0.05, 0.1) is 10.6 Å². The van der Waals surface area contributed by atoms with Gasteiger partial charge in [0.15, 0.2) is 0 Å². The predicted molar refractivity (Wildman–Crippen MR) is 70.7 cm³/mol. The predicted octanol–water partition coefficient (Wildman–Crippen LogP) is 3.55. The van der Waals surface area contributed by atoms with E-state index in [9.17, 15) is 13.2 Å². The van der Waals surface area contributed by atoms with Gasteiger partial charge in [0.1, 0.15) is 0 Å². The van der Waals surface area contributed by atoms with Crippen molar-refractivity contribution in [1.82, 2.24) is 5.32 Å². The number of halogens is 4. The van der Waals surface area contributed by atoms with Crippen LogP contribution in [0.3, 0.4) is 0 Å². The maximum absolute atomic E-state index is 12.6. The molecule has 0 bridgehead atoms. The van der Waals surface area contributed by atoms with Crippen molar-refractivity contribution >= 4 is 17.3 Å². The monoisotopic (exact) mass is 292 g/mol. The van der Waals surface area contributed by atoms with Gasteiger partial charge in [-0.3, -0.25) is 0 Å². The number of rotatable bonds is 1. The van der Waals surface area contributed by atoms with Gasteiger partial charge in [-0.1, -0.05) is 11.6 Å². The lowest BCUT2D eigenvalue weighted by Crippen LogP contribution is -2.54. The summed E-state index contributed by atoms with van der Waals surface area (Å²) in [6, 6.07) is 4.53. The van der Waals surface area contributed by atoms with Crippen LogP contribution in [0.25, 0.3) is 0 Å². The van der Waals surface area contributed by atoms with Gasteiger partial charge in [-0.25, -0.2) is 0 Å². The molecule has 0 saturated carbocycles. The average molecular weight is 293 g/mol. The lowest BCUT2D eigenvalue weighted by Gasteiger charge is -2.37. The molecule has 0 radical (unpaired) electrons. The van der Waals surface area contributed by atoms with E-state index in [0.717, 1.165) is 24.8 Å². The lowest BCUT2D eigenvalue weighted by atomic mass is 10.1. The smallest absolute Gasteiger partial charge is 0.368 e. The van der Waals surface area contributed by atoms with Crippen LogP contribution in [0.1, 0.15) is 19.4 Å². The summed E-state index contributed by atoms with van der Waals surface area (Å²) in [7, 11) is 0. The van der Waals surface area contributed by atoms with Crippen LogP contribution in [0.4, 0.5) is 18.9 Å². The highest BCUT2D eigenvalue weighted by Gasteiger charge is 2.33. The molecule has 0 amide bonds. The first-order valence-electron chi connectivity index (χ1n) is 6.15. The zero-order chi connectivity index (χ0) is 14.2. The quantitative estimate of drug-likeness (QED) is 0.851. The topological polar surface area (TPSA) is 15.3 Å². The summed E-state index contributed by atoms with van der Waals surface area (Å²) in [5, 5.41) is 3.13. The first-order valence-corrected chi connectivity index (χ1v) is 6.53. The summed E-state index contributed by atoms with van der Waals surface area (Å²) in [6.07, 6.45) is -4.40. The second-order valence-corrected chi connectivity index (χ2v) is 5.44. The fourth-order valence-electron chi connectivity index (χ4n) is 2.47. The van der Waals surface area contributed by atoms with Crippen molar-refractivity contribution < 1.29 is 13.2 Å². The maximum atomic E-state index is 12.6. The van der Waals surface area contributed by atoms with Crippen molar-refractivity contribution in [2.45, 2.75) is 32.1 Å². The van der Waals surface area contributed by atoms with E-state index in [1.807, 2.05) is 13.8 Å². The minimum Gasteiger partial charge on any atom is -0.368 e. The van der Waals surface area contributed by atoms with Crippen LogP contribution in [0.5, 0.6) is 0 Å². The van der Waals surface area contributed by atoms with Crippen molar-refractivity contribution in [3.63, 3.8) is 0 Å². The molecule has 1 heterocycles. The Kier molecular flexibility index (Phi) is 3.97. The van der Waals surface area contributed by atoms with Gasteiger partial charge in [0, 0.05) is 30.9 Å². The summed E-state index contributed by atoms with van der Waals surface area (Å²) in [5.41, 5.74) is -0.0488. The van der Waals surface area contributed by atoms with Gasteiger partial charge in [-0.2, -0.15) is 13.2 Å². The molecule has 0 unspecified atom stereocenters. The minimum absolute atomic E-state index is 0.246. The van der Waals surface area contributed by atoms with Crippen molar-refractivity contribution in [2.24, 2.45) is 0 Å². The Morgan fingerprint density at radius 3 is 2.26 bits per heavy atom. The Bertz CT molecular complexity index is 452. The van der Waals surface area contributed by atoms with E-state index in [1.54, 1.807) is 0 Å². The Labute approximate surface area is 115 Å². The average Bonchev–Trinajstić information content (AvgIpc) is 2.25. The normalized spacial score (nSPS) is 24.6. The van der Waals surface area contributed by atoms with E-state index >= 15 is 0 Å². The second kappa shape index (κ2) is 5.21. The van der Waals surface area contributed by atoms with E-state index < -0.39 is 11.7 Å². The van der Waals surface area contributed by atoms with Gasteiger partial charge < -0.3 is 10.2 Å². The highest BCUT2D eigenvalue weighted by atomic mass is 35.5. The van der Waals surface area contributed by atoms with Crippen LogP contribution in [0, 0.1) is 0 Å². The molecule has 0 aromatic heterocycles. The van der Waals surface area contributed by atoms with Gasteiger partial charge >= 0.3 is 6.18 Å². The van der Waals surface area contributed by atoms with E-state index in [1.165, 1.54) is 12.1 Å². The third-order valence-electron chi connectivity index (χ3n) is 3.18. The van der Waals surface area contributed by atoms with Crippen molar-refractivity contribution in [3.05, 3.63) is 28.8 Å². The van der Waals surface area contributed by atoms with Crippen molar-refractivity contribution in [1.29, 1.82) is 0 Å². The molecule has 19 heavy (non-hydrogen) atoms. The summed E-state index contributed by atoms with van der Waals surface area (Å²) in [4.78, 5) is 2.05. The number of nitrogens with one attached hydrogen (secondary N) is 1. The van der Waals surface area contributed by atoms with Gasteiger partial charge in [0.25, 0.3) is 0 Å². The molecular weight excluding hydrogens is 277 g/mol. The molecule has 1 fully saturated rings. The third kappa shape index (κ3) is 3.34. The molecule has 1 aromatic carbocycles. The summed E-state index contributed by atoms with van der Waals surface area (Å²) >= 11 is 5.74. The summed E-state index contributed by atoms with van der Waals surface area (Å²) in [6.45, 7) is 5.61. The fraction of sp³-hybridized carbons (Fsp3) is 0.538. The molecule has 0 spiro atoms. The van der Waals surface area contributed by atoms with Crippen LogP contribution in [-0.2, 0) is 6.18 Å². The first kappa shape index (κ1) is 14.5. The highest BCUT2D eigenvalue weighted by molar-refractivity contribution is 6.31. The standard InChI is InChI=1S/C13H16ClF3N2/c1-8-6-19(7-9(2)18-8)10-3-4-11(12(14)5-10)13(15,16)17/h3-5,8-9,18H,6-7H2,1-2H3/t8-,9+. The summed E-state index contributed by atoms with van der Waals surface area (Å²) in [5.74, 6) is 0. The van der Waals surface area contributed by atoms with Gasteiger partial charge in [0.2, 0.25) is 0 Å². The van der Waals surface area contributed by atoms with E-state index in [4.69, 9.17) is 11.6 Å². The molecule has 1 saturated heterocycles. The molecule has 1 aromatic rings. The molecule has 6 heteroatoms. The number of piperazine rings is 1. The molecular formula is C13H16ClF3N2. The van der Waals surface area contributed by atoms with Crippen LogP contribution in [0.15, 0.2) is 18.2 Å². The number of anilines is 1. The summed E-state index contributed by atoms with van der Waals surface area (Å²) < 4.78 is 37.9. The molecule has 106 valence electrons. The molecule has 2 atom stereocenters. The zero-order valence-electron chi connectivity index (χ0n) is 10.8. The molecule has 1 N–H and O–H groups in total. The second-order valence-electron chi connectivity index (χ2n) is 5.04. The molecule has 2 rings (SSSR count). The SMILES string of the molecule is C[C@@H]1CN(c2ccc(C(F)(F)F)c(Cl)c2)C[C@H](C)N1. The van der Waals surface area contributed by atoms with Crippen molar-refractivity contribution in [2.75, 3.05) is 18.0 Å². The third-order valence-corrected chi connectivity index (χ3v) is 3.49. The number of hydrogen-bond donors (Lipinski definition) is 1. The number of hydrogen-bond acceptors (Lipinski definition) is 2. The molecule has 0 aliphatic carbocycles. The van der Waals surface area contributed by atoms with Crippen LogP contribution in [-0.4, -0.2) is 25.2 Å². The van der Waals surface area contributed by atoms with E-state index in [0.29, 0.717) is 12.1 Å². The van der Waals surface area contributed by atoms with Gasteiger partial charge in [-0.15, -0.1) is 0 Å². The lowest BCUT2D eigenvalue weighted by molar-refractivity contribution is -0.137. The Hall–Kier alpha value is -0.940. The maximum Gasteiger partial charge on any atom is 0.417 e. The van der Waals surface area contributed by atoms with Crippen LogP contribution in [0.2, 0.25) is 5.02 Å². The number of nitrogens with zero attached hydrogens (tertiary/aromatic N) is 1. The van der Waals surface area contributed by atoms with E-state index in [-0.39, 0.29) is 5.02 Å². The number of benzene rings is 1. The molecule has 2 nitrogen and oxygen atoms in total. The largest absolute Gasteiger partial charge is 0.417 e. The van der Waals surface area contributed by atoms with Crippen LogP contribution >= 0.6 is 11.6 Å². The van der Waals surface area contributed by atoms with Crippen molar-refractivity contribution in [3.8, 4) is 0 Å². The Morgan fingerprint density at radius 1 is 1.21 bits per heavy atom. The zero-order valence-corrected chi connectivity index (χ0v) is 11.5. The Balaban J connectivity index is 2.25. The Morgan fingerprint density at radius 2 is 1.79 bits per heavy atom. The molecule has 1 aliphatic rings. The minimum atomic E-state index is -4.40. The molecule has 1 aliphatic heterocycles. The highest BCUT2D eigenvalue weighted by Crippen LogP contribution is 2.36. The first-order chi connectivity index (χ1) is 8.77. The van der Waals surface area contributed by atoms with Crippen LogP contribution < -0.4 is 10.2 Å². The number of alkyl halides is 3. The van der Waals surface area contributed by atoms with Gasteiger partial charge in [-0.05, 0) is 32.0 Å².